The second kappa shape index (κ2) is 5.45. The fraction of sp³-hybridized carbons (Fsp3) is 0.0714. The third-order valence-electron chi connectivity index (χ3n) is 2.59. The van der Waals surface area contributed by atoms with E-state index in [1.165, 1.54) is 0 Å². The van der Waals surface area contributed by atoms with Crippen molar-refractivity contribution < 1.29 is 18.0 Å². The summed E-state index contributed by atoms with van der Waals surface area (Å²) >= 11 is 5.95. The Morgan fingerprint density at radius 3 is 2.05 bits per heavy atom. The maximum absolute atomic E-state index is 13.1. The molecule has 0 saturated heterocycles. The van der Waals surface area contributed by atoms with Gasteiger partial charge < -0.3 is 0 Å². The first kappa shape index (κ1) is 13.6. The number of rotatable bonds is 3. The molecule has 0 N–H and O–H groups in total. The maximum atomic E-state index is 13.1. The Labute approximate surface area is 112 Å². The van der Waals surface area contributed by atoms with Crippen molar-refractivity contribution in [3.8, 4) is 0 Å². The van der Waals surface area contributed by atoms with Gasteiger partial charge in [-0.05, 0) is 17.7 Å². The highest BCUT2D eigenvalue weighted by molar-refractivity contribution is 6.33. The van der Waals surface area contributed by atoms with Gasteiger partial charge in [-0.2, -0.15) is 0 Å². The SMILES string of the molecule is O=C(c1cc(F)c(F)c(F)c1)C(Cl)c1ccccc1. The van der Waals surface area contributed by atoms with E-state index in [1.54, 1.807) is 30.3 Å². The molecule has 0 spiro atoms. The number of carbonyl (C=O) groups is 1. The zero-order chi connectivity index (χ0) is 14.0. The summed E-state index contributed by atoms with van der Waals surface area (Å²) < 4.78 is 38.9. The first-order chi connectivity index (χ1) is 9.00. The van der Waals surface area contributed by atoms with Gasteiger partial charge >= 0.3 is 0 Å². The van der Waals surface area contributed by atoms with Crippen LogP contribution in [0.2, 0.25) is 0 Å². The summed E-state index contributed by atoms with van der Waals surface area (Å²) in [7, 11) is 0. The summed E-state index contributed by atoms with van der Waals surface area (Å²) in [6.45, 7) is 0. The predicted molar refractivity (Wildman–Crippen MR) is 65.7 cm³/mol. The second-order valence-electron chi connectivity index (χ2n) is 3.89. The number of halogens is 4. The van der Waals surface area contributed by atoms with Gasteiger partial charge in [0.15, 0.2) is 23.2 Å². The molecule has 0 fully saturated rings. The van der Waals surface area contributed by atoms with E-state index in [0.29, 0.717) is 17.7 Å². The van der Waals surface area contributed by atoms with Crippen molar-refractivity contribution in [1.29, 1.82) is 0 Å². The first-order valence-corrected chi connectivity index (χ1v) is 5.82. The van der Waals surface area contributed by atoms with E-state index in [0.717, 1.165) is 0 Å². The van der Waals surface area contributed by atoms with Crippen molar-refractivity contribution in [1.82, 2.24) is 0 Å². The van der Waals surface area contributed by atoms with Gasteiger partial charge in [-0.25, -0.2) is 13.2 Å². The summed E-state index contributed by atoms with van der Waals surface area (Å²) in [5.41, 5.74) is 0.194. The fourth-order valence-corrected chi connectivity index (χ4v) is 1.89. The highest BCUT2D eigenvalue weighted by Crippen LogP contribution is 2.26. The third kappa shape index (κ3) is 2.79. The van der Waals surface area contributed by atoms with Crippen LogP contribution in [0.25, 0.3) is 0 Å². The number of hydrogen-bond donors (Lipinski definition) is 0. The van der Waals surface area contributed by atoms with E-state index in [-0.39, 0.29) is 5.56 Å². The lowest BCUT2D eigenvalue weighted by Crippen LogP contribution is -2.09. The summed E-state index contributed by atoms with van der Waals surface area (Å²) in [6, 6.07) is 9.62. The van der Waals surface area contributed by atoms with Gasteiger partial charge in [0.1, 0.15) is 5.38 Å². The summed E-state index contributed by atoms with van der Waals surface area (Å²) in [5, 5.41) is -1.08. The molecule has 19 heavy (non-hydrogen) atoms. The lowest BCUT2D eigenvalue weighted by Gasteiger charge is -2.09. The van der Waals surface area contributed by atoms with Gasteiger partial charge in [-0.3, -0.25) is 4.79 Å². The molecular weight excluding hydrogens is 277 g/mol. The van der Waals surface area contributed by atoms with Crippen LogP contribution in [0.1, 0.15) is 21.3 Å². The van der Waals surface area contributed by atoms with Crippen LogP contribution in [-0.4, -0.2) is 5.78 Å². The molecule has 2 rings (SSSR count). The average molecular weight is 285 g/mol. The van der Waals surface area contributed by atoms with Crippen molar-refractivity contribution in [2.75, 3.05) is 0 Å². The number of Topliss-reactive ketones (excluding diaryl/α,β-unsaturated/α-hetero) is 1. The van der Waals surface area contributed by atoms with Gasteiger partial charge in [0.05, 0.1) is 0 Å². The van der Waals surface area contributed by atoms with Crippen LogP contribution in [0.3, 0.4) is 0 Å². The molecule has 0 aliphatic rings. The van der Waals surface area contributed by atoms with Crippen molar-refractivity contribution in [3.05, 3.63) is 71.0 Å². The molecule has 0 bridgehead atoms. The Morgan fingerprint density at radius 1 is 1.00 bits per heavy atom. The molecule has 0 amide bonds. The van der Waals surface area contributed by atoms with Crippen LogP contribution >= 0.6 is 11.6 Å². The quantitative estimate of drug-likeness (QED) is 0.467. The summed E-state index contributed by atoms with van der Waals surface area (Å²) in [6.07, 6.45) is 0. The van der Waals surface area contributed by atoms with Crippen LogP contribution < -0.4 is 0 Å². The summed E-state index contributed by atoms with van der Waals surface area (Å²) in [4.78, 5) is 12.0. The Kier molecular flexibility index (Phi) is 3.90. The molecule has 0 aliphatic carbocycles. The van der Waals surface area contributed by atoms with E-state index in [9.17, 15) is 18.0 Å². The van der Waals surface area contributed by atoms with Crippen LogP contribution in [0, 0.1) is 17.5 Å². The zero-order valence-corrected chi connectivity index (χ0v) is 10.3. The minimum absolute atomic E-state index is 0.305. The van der Waals surface area contributed by atoms with Gasteiger partial charge in [-0.15, -0.1) is 11.6 Å². The molecule has 0 radical (unpaired) electrons. The molecule has 0 aromatic heterocycles. The Hall–Kier alpha value is -1.81. The molecule has 1 unspecified atom stereocenters. The Bertz CT molecular complexity index is 590. The van der Waals surface area contributed by atoms with E-state index in [2.05, 4.69) is 0 Å². The number of benzene rings is 2. The van der Waals surface area contributed by atoms with E-state index in [1.807, 2.05) is 0 Å². The zero-order valence-electron chi connectivity index (χ0n) is 9.54. The molecule has 98 valence electrons. The monoisotopic (exact) mass is 284 g/mol. The minimum atomic E-state index is -1.61. The molecule has 2 aromatic carbocycles. The molecule has 5 heteroatoms. The normalized spacial score (nSPS) is 12.2. The van der Waals surface area contributed by atoms with Crippen molar-refractivity contribution in [3.63, 3.8) is 0 Å². The molecular formula is C14H8ClF3O. The van der Waals surface area contributed by atoms with Gasteiger partial charge in [0.25, 0.3) is 0 Å². The fourth-order valence-electron chi connectivity index (χ4n) is 1.62. The maximum Gasteiger partial charge on any atom is 0.194 e. The van der Waals surface area contributed by atoms with Crippen LogP contribution in [0.5, 0.6) is 0 Å². The Morgan fingerprint density at radius 2 is 1.53 bits per heavy atom. The number of alkyl halides is 1. The molecule has 1 nitrogen and oxygen atoms in total. The lowest BCUT2D eigenvalue weighted by molar-refractivity contribution is 0.0986. The molecule has 1 atom stereocenters. The van der Waals surface area contributed by atoms with Crippen molar-refractivity contribution >= 4 is 17.4 Å². The largest absolute Gasteiger partial charge is 0.292 e. The third-order valence-corrected chi connectivity index (χ3v) is 3.04. The number of ketones is 1. The van der Waals surface area contributed by atoms with Gasteiger partial charge in [0.2, 0.25) is 0 Å². The Balaban J connectivity index is 2.35. The van der Waals surface area contributed by atoms with Crippen LogP contribution in [0.15, 0.2) is 42.5 Å². The van der Waals surface area contributed by atoms with Crippen LogP contribution in [0.4, 0.5) is 13.2 Å². The van der Waals surface area contributed by atoms with Crippen molar-refractivity contribution in [2.45, 2.75) is 5.38 Å². The first-order valence-electron chi connectivity index (χ1n) is 5.38. The topological polar surface area (TPSA) is 17.1 Å². The molecule has 2 aromatic rings. The average Bonchev–Trinajstić information content (AvgIpc) is 2.43. The van der Waals surface area contributed by atoms with Gasteiger partial charge in [-0.1, -0.05) is 30.3 Å². The summed E-state index contributed by atoms with van der Waals surface area (Å²) in [5.74, 6) is -5.13. The predicted octanol–water partition coefficient (Wildman–Crippen LogP) is 4.27. The van der Waals surface area contributed by atoms with E-state index >= 15 is 0 Å². The molecule has 0 heterocycles. The van der Waals surface area contributed by atoms with E-state index in [4.69, 9.17) is 11.6 Å². The highest BCUT2D eigenvalue weighted by atomic mass is 35.5. The van der Waals surface area contributed by atoms with Gasteiger partial charge in [0, 0.05) is 5.56 Å². The van der Waals surface area contributed by atoms with E-state index < -0.39 is 28.6 Å². The standard InChI is InChI=1S/C14H8ClF3O/c15-12(8-4-2-1-3-5-8)14(19)9-6-10(16)13(18)11(17)7-9/h1-7,12H. The molecule has 0 aliphatic heterocycles. The van der Waals surface area contributed by atoms with Crippen LogP contribution in [-0.2, 0) is 0 Å². The highest BCUT2D eigenvalue weighted by Gasteiger charge is 2.22. The second-order valence-corrected chi connectivity index (χ2v) is 4.33. The number of hydrogen-bond acceptors (Lipinski definition) is 1. The number of carbonyl (C=O) groups excluding carboxylic acids is 1. The molecule has 0 saturated carbocycles. The minimum Gasteiger partial charge on any atom is -0.292 e. The van der Waals surface area contributed by atoms with Crippen molar-refractivity contribution in [2.24, 2.45) is 0 Å². The smallest absolute Gasteiger partial charge is 0.194 e. The lowest BCUT2D eigenvalue weighted by atomic mass is 10.0.